The number of carbonyl (C=O) groups excluding carboxylic acids is 1. The molecule has 6 heteroatoms. The quantitative estimate of drug-likeness (QED) is 0.742. The number of aromatic nitrogens is 1. The van der Waals surface area contributed by atoms with Crippen LogP contribution in [0.25, 0.3) is 0 Å². The van der Waals surface area contributed by atoms with E-state index >= 15 is 0 Å². The van der Waals surface area contributed by atoms with Gasteiger partial charge in [0.05, 0.1) is 29.7 Å². The largest absolute Gasteiger partial charge is 0.397 e. The van der Waals surface area contributed by atoms with Gasteiger partial charge in [0.25, 0.3) is 5.91 Å². The zero-order valence-corrected chi connectivity index (χ0v) is 10.6. The molecule has 2 aliphatic heterocycles. The molecule has 2 bridgehead atoms. The van der Waals surface area contributed by atoms with Crippen LogP contribution in [0.3, 0.4) is 0 Å². The molecular weight excluding hydrogens is 244 g/mol. The molecule has 6 nitrogen and oxygen atoms in total. The van der Waals surface area contributed by atoms with Gasteiger partial charge < -0.3 is 21.5 Å². The third-order valence-electron chi connectivity index (χ3n) is 3.94. The predicted octanol–water partition coefficient (Wildman–Crippen LogP) is 0.742. The third kappa shape index (κ3) is 2.35. The van der Waals surface area contributed by atoms with Gasteiger partial charge >= 0.3 is 0 Å². The summed E-state index contributed by atoms with van der Waals surface area (Å²) in [6, 6.07) is 1.55. The Morgan fingerprint density at radius 2 is 2.37 bits per heavy atom. The van der Waals surface area contributed by atoms with Gasteiger partial charge in [0, 0.05) is 12.5 Å². The minimum absolute atomic E-state index is 0.337. The maximum Gasteiger partial charge on any atom is 0.252 e. The van der Waals surface area contributed by atoms with E-state index in [-0.39, 0.29) is 0 Å². The number of nitrogen functional groups attached to an aromatic ring is 1. The van der Waals surface area contributed by atoms with Crippen LogP contribution in [0.5, 0.6) is 0 Å². The summed E-state index contributed by atoms with van der Waals surface area (Å²) in [6.45, 7) is 0.748. The van der Waals surface area contributed by atoms with E-state index in [1.54, 1.807) is 6.07 Å². The Labute approximate surface area is 111 Å². The lowest BCUT2D eigenvalue weighted by Crippen LogP contribution is -2.26. The number of anilines is 2. The molecule has 5 N–H and O–H groups in total. The monoisotopic (exact) mass is 262 g/mol. The Kier molecular flexibility index (Phi) is 3.02. The van der Waals surface area contributed by atoms with Gasteiger partial charge in [0.1, 0.15) is 5.82 Å². The molecule has 2 saturated heterocycles. The first-order valence-electron chi connectivity index (χ1n) is 6.58. The summed E-state index contributed by atoms with van der Waals surface area (Å²) in [4.78, 5) is 15.5. The fourth-order valence-corrected chi connectivity index (χ4v) is 3.00. The van der Waals surface area contributed by atoms with E-state index in [1.165, 1.54) is 12.6 Å². The van der Waals surface area contributed by atoms with Gasteiger partial charge in [-0.1, -0.05) is 0 Å². The minimum Gasteiger partial charge on any atom is -0.397 e. The van der Waals surface area contributed by atoms with Gasteiger partial charge in [0.2, 0.25) is 0 Å². The maximum atomic E-state index is 11.4. The molecule has 1 aromatic rings. The first-order chi connectivity index (χ1) is 9.13. The first-order valence-corrected chi connectivity index (χ1v) is 6.58. The van der Waals surface area contributed by atoms with E-state index < -0.39 is 5.91 Å². The van der Waals surface area contributed by atoms with Crippen LogP contribution in [0, 0.1) is 5.92 Å². The molecule has 2 fully saturated rings. The summed E-state index contributed by atoms with van der Waals surface area (Å²) in [5.41, 5.74) is 11.7. The van der Waals surface area contributed by atoms with Crippen LogP contribution in [-0.4, -0.2) is 29.6 Å². The predicted molar refractivity (Wildman–Crippen MR) is 71.7 cm³/mol. The maximum absolute atomic E-state index is 11.4. The summed E-state index contributed by atoms with van der Waals surface area (Å²) in [6.07, 6.45) is 5.68. The van der Waals surface area contributed by atoms with Gasteiger partial charge in [-0.15, -0.1) is 0 Å². The Hall–Kier alpha value is -1.82. The Morgan fingerprint density at radius 1 is 1.53 bits per heavy atom. The topological polar surface area (TPSA) is 103 Å². The van der Waals surface area contributed by atoms with E-state index in [9.17, 15) is 4.79 Å². The van der Waals surface area contributed by atoms with Crippen molar-refractivity contribution >= 4 is 17.4 Å². The van der Waals surface area contributed by atoms with E-state index in [0.717, 1.165) is 19.4 Å². The number of hydrogen-bond acceptors (Lipinski definition) is 5. The molecule has 3 heterocycles. The van der Waals surface area contributed by atoms with Crippen LogP contribution < -0.4 is 16.8 Å². The molecule has 3 rings (SSSR count). The number of nitrogens with two attached hydrogens (primary N) is 2. The molecule has 0 radical (unpaired) electrons. The molecule has 0 aliphatic carbocycles. The fourth-order valence-electron chi connectivity index (χ4n) is 3.00. The van der Waals surface area contributed by atoms with E-state index in [1.807, 2.05) is 0 Å². The van der Waals surface area contributed by atoms with Crippen LogP contribution in [0.2, 0.25) is 0 Å². The van der Waals surface area contributed by atoms with Crippen LogP contribution >= 0.6 is 0 Å². The van der Waals surface area contributed by atoms with Crippen molar-refractivity contribution in [3.8, 4) is 0 Å². The van der Waals surface area contributed by atoms with E-state index in [2.05, 4.69) is 10.3 Å². The molecule has 0 saturated carbocycles. The lowest BCUT2D eigenvalue weighted by molar-refractivity contribution is 0.0941. The highest BCUT2D eigenvalue weighted by atomic mass is 16.5. The van der Waals surface area contributed by atoms with Crippen LogP contribution in [0.1, 0.15) is 29.6 Å². The van der Waals surface area contributed by atoms with Crippen molar-refractivity contribution in [3.63, 3.8) is 0 Å². The first kappa shape index (κ1) is 12.2. The lowest BCUT2D eigenvalue weighted by atomic mass is 9.89. The summed E-state index contributed by atoms with van der Waals surface area (Å²) in [7, 11) is 0. The van der Waals surface area contributed by atoms with Crippen molar-refractivity contribution in [1.82, 2.24) is 4.98 Å². The van der Waals surface area contributed by atoms with Crippen LogP contribution in [0.15, 0.2) is 12.3 Å². The molecule has 0 aromatic carbocycles. The smallest absolute Gasteiger partial charge is 0.252 e. The Morgan fingerprint density at radius 3 is 3.00 bits per heavy atom. The van der Waals surface area contributed by atoms with Crippen molar-refractivity contribution < 1.29 is 9.53 Å². The second kappa shape index (κ2) is 4.70. The second-order valence-electron chi connectivity index (χ2n) is 5.28. The highest BCUT2D eigenvalue weighted by Crippen LogP contribution is 2.38. The molecule has 1 amide bonds. The Balaban J connectivity index is 1.68. The molecular formula is C13H18N4O2. The number of fused-ring (bicyclic) bond motifs is 2. The summed E-state index contributed by atoms with van der Waals surface area (Å²) >= 11 is 0. The number of ether oxygens (including phenoxy) is 1. The average molecular weight is 262 g/mol. The minimum atomic E-state index is -0.522. The second-order valence-corrected chi connectivity index (χ2v) is 5.28. The number of nitrogens with one attached hydrogen (secondary N) is 1. The fraction of sp³-hybridized carbons (Fsp3) is 0.538. The number of carbonyl (C=O) groups is 1. The number of amides is 1. The van der Waals surface area contributed by atoms with Gasteiger partial charge in [-0.2, -0.15) is 0 Å². The van der Waals surface area contributed by atoms with Crippen molar-refractivity contribution in [1.29, 1.82) is 0 Å². The molecule has 2 aliphatic rings. The highest BCUT2D eigenvalue weighted by molar-refractivity contribution is 5.98. The van der Waals surface area contributed by atoms with E-state index in [0.29, 0.717) is 35.2 Å². The lowest BCUT2D eigenvalue weighted by Gasteiger charge is -2.19. The molecule has 3 atom stereocenters. The van der Waals surface area contributed by atoms with Crippen molar-refractivity contribution in [3.05, 3.63) is 17.8 Å². The summed E-state index contributed by atoms with van der Waals surface area (Å²) < 4.78 is 5.80. The molecule has 1 aromatic heterocycles. The zero-order valence-electron chi connectivity index (χ0n) is 10.6. The molecule has 102 valence electrons. The Bertz CT molecular complexity index is 505. The van der Waals surface area contributed by atoms with Crippen molar-refractivity contribution in [2.24, 2.45) is 11.7 Å². The van der Waals surface area contributed by atoms with Gasteiger partial charge in [0.15, 0.2) is 0 Å². The zero-order chi connectivity index (χ0) is 13.4. The van der Waals surface area contributed by atoms with Crippen LogP contribution in [-0.2, 0) is 4.74 Å². The van der Waals surface area contributed by atoms with E-state index in [4.69, 9.17) is 16.2 Å². The SMILES string of the molecule is NC(=O)c1cc(N)cnc1NCC1CC2CCC1O2. The number of primary amides is 1. The number of hydrogen-bond donors (Lipinski definition) is 3. The number of rotatable bonds is 4. The van der Waals surface area contributed by atoms with Crippen molar-refractivity contribution in [2.45, 2.75) is 31.5 Å². The summed E-state index contributed by atoms with van der Waals surface area (Å²) in [5, 5.41) is 3.20. The standard InChI is InChI=1S/C13H18N4O2/c14-8-4-10(12(15)18)13(17-6-8)16-5-7-3-9-1-2-11(7)19-9/h4,6-7,9,11H,1-3,5,14H2,(H2,15,18)(H,16,17). The molecule has 0 spiro atoms. The highest BCUT2D eigenvalue weighted by Gasteiger charge is 2.40. The average Bonchev–Trinajstić information content (AvgIpc) is 2.99. The number of nitrogens with zero attached hydrogens (tertiary/aromatic N) is 1. The normalized spacial score (nSPS) is 28.5. The molecule has 3 unspecified atom stereocenters. The molecule has 19 heavy (non-hydrogen) atoms. The van der Waals surface area contributed by atoms with Gasteiger partial charge in [-0.25, -0.2) is 4.98 Å². The van der Waals surface area contributed by atoms with Crippen LogP contribution in [0.4, 0.5) is 11.5 Å². The van der Waals surface area contributed by atoms with Gasteiger partial charge in [-0.3, -0.25) is 4.79 Å². The number of pyridine rings is 1. The third-order valence-corrected chi connectivity index (χ3v) is 3.94. The van der Waals surface area contributed by atoms with Gasteiger partial charge in [-0.05, 0) is 25.3 Å². The van der Waals surface area contributed by atoms with Crippen molar-refractivity contribution in [2.75, 3.05) is 17.6 Å². The summed E-state index contributed by atoms with van der Waals surface area (Å²) in [5.74, 6) is 0.467.